The standard InChI is InChI=1S/C12H8BrClFNO/c13-9-4-10(7-16-6-9)17-12-8(5-14)2-1-3-11(12)15/h1-4,6-7H,5H2. The average molecular weight is 317 g/mol. The lowest BCUT2D eigenvalue weighted by molar-refractivity contribution is 0.436. The monoisotopic (exact) mass is 315 g/mol. The zero-order chi connectivity index (χ0) is 12.3. The number of para-hydroxylation sites is 1. The average Bonchev–Trinajstić information content (AvgIpc) is 2.32. The first-order valence-corrected chi connectivity index (χ1v) is 6.15. The number of aromatic nitrogens is 1. The van der Waals surface area contributed by atoms with Crippen molar-refractivity contribution in [3.8, 4) is 11.5 Å². The zero-order valence-corrected chi connectivity index (χ0v) is 11.0. The molecule has 0 N–H and O–H groups in total. The van der Waals surface area contributed by atoms with E-state index in [0.717, 1.165) is 4.47 Å². The number of hydrogen-bond acceptors (Lipinski definition) is 2. The van der Waals surface area contributed by atoms with E-state index in [2.05, 4.69) is 20.9 Å². The number of alkyl halides is 1. The third-order valence-electron chi connectivity index (χ3n) is 2.09. The fourth-order valence-corrected chi connectivity index (χ4v) is 1.89. The molecule has 0 saturated heterocycles. The molecule has 0 aliphatic rings. The van der Waals surface area contributed by atoms with Crippen LogP contribution in [0.1, 0.15) is 5.56 Å². The molecule has 88 valence electrons. The van der Waals surface area contributed by atoms with E-state index in [0.29, 0.717) is 11.3 Å². The van der Waals surface area contributed by atoms with Crippen LogP contribution >= 0.6 is 27.5 Å². The summed E-state index contributed by atoms with van der Waals surface area (Å²) in [6.45, 7) is 0. The molecule has 1 aromatic heterocycles. The first-order valence-electron chi connectivity index (χ1n) is 4.82. The fourth-order valence-electron chi connectivity index (χ4n) is 1.34. The van der Waals surface area contributed by atoms with E-state index in [-0.39, 0.29) is 11.6 Å². The number of rotatable bonds is 3. The van der Waals surface area contributed by atoms with E-state index in [1.165, 1.54) is 12.3 Å². The Morgan fingerprint density at radius 2 is 2.18 bits per heavy atom. The smallest absolute Gasteiger partial charge is 0.167 e. The van der Waals surface area contributed by atoms with Crippen LogP contribution in [0.15, 0.2) is 41.1 Å². The van der Waals surface area contributed by atoms with Crippen molar-refractivity contribution in [1.82, 2.24) is 4.98 Å². The number of hydrogen-bond donors (Lipinski definition) is 0. The van der Waals surface area contributed by atoms with E-state index in [4.69, 9.17) is 16.3 Å². The highest BCUT2D eigenvalue weighted by molar-refractivity contribution is 9.10. The van der Waals surface area contributed by atoms with Crippen LogP contribution in [0, 0.1) is 5.82 Å². The van der Waals surface area contributed by atoms with E-state index < -0.39 is 5.82 Å². The van der Waals surface area contributed by atoms with Crippen molar-refractivity contribution in [2.75, 3.05) is 0 Å². The lowest BCUT2D eigenvalue weighted by Gasteiger charge is -2.10. The number of nitrogens with zero attached hydrogens (tertiary/aromatic N) is 1. The lowest BCUT2D eigenvalue weighted by Crippen LogP contribution is -1.93. The number of pyridine rings is 1. The van der Waals surface area contributed by atoms with Gasteiger partial charge in [0.05, 0.1) is 12.1 Å². The molecule has 0 aliphatic carbocycles. The molecule has 2 aromatic rings. The first-order chi connectivity index (χ1) is 8.20. The first kappa shape index (κ1) is 12.3. The molecular formula is C12H8BrClFNO. The van der Waals surface area contributed by atoms with E-state index in [1.54, 1.807) is 24.4 Å². The van der Waals surface area contributed by atoms with Crippen LogP contribution < -0.4 is 4.74 Å². The molecule has 0 spiro atoms. The summed E-state index contributed by atoms with van der Waals surface area (Å²) < 4.78 is 19.8. The Morgan fingerprint density at radius 3 is 2.88 bits per heavy atom. The molecule has 0 unspecified atom stereocenters. The largest absolute Gasteiger partial charge is 0.452 e. The molecule has 0 atom stereocenters. The number of benzene rings is 1. The number of halogens is 3. The van der Waals surface area contributed by atoms with Crippen LogP contribution in [0.5, 0.6) is 11.5 Å². The van der Waals surface area contributed by atoms with Gasteiger partial charge in [0.15, 0.2) is 11.6 Å². The maximum absolute atomic E-state index is 13.6. The molecule has 1 aromatic carbocycles. The summed E-state index contributed by atoms with van der Waals surface area (Å²) >= 11 is 9.00. The molecule has 2 nitrogen and oxygen atoms in total. The van der Waals surface area contributed by atoms with Crippen molar-refractivity contribution >= 4 is 27.5 Å². The SMILES string of the molecule is Fc1cccc(CCl)c1Oc1cncc(Br)c1. The van der Waals surface area contributed by atoms with Crippen LogP contribution in [0.25, 0.3) is 0 Å². The highest BCUT2D eigenvalue weighted by Gasteiger charge is 2.10. The zero-order valence-electron chi connectivity index (χ0n) is 8.66. The van der Waals surface area contributed by atoms with Gasteiger partial charge in [0.1, 0.15) is 5.75 Å². The topological polar surface area (TPSA) is 22.1 Å². The Bertz CT molecular complexity index is 536. The van der Waals surface area contributed by atoms with Gasteiger partial charge in [0.2, 0.25) is 0 Å². The summed E-state index contributed by atoms with van der Waals surface area (Å²) in [7, 11) is 0. The Hall–Kier alpha value is -1.13. The molecule has 0 saturated carbocycles. The minimum atomic E-state index is -0.442. The summed E-state index contributed by atoms with van der Waals surface area (Å²) in [5.41, 5.74) is 0.603. The third-order valence-corrected chi connectivity index (χ3v) is 2.81. The van der Waals surface area contributed by atoms with Gasteiger partial charge >= 0.3 is 0 Å². The summed E-state index contributed by atoms with van der Waals surface area (Å²) in [5.74, 6) is 0.343. The highest BCUT2D eigenvalue weighted by Crippen LogP contribution is 2.30. The van der Waals surface area contributed by atoms with Gasteiger partial charge in [-0.25, -0.2) is 4.39 Å². The van der Waals surface area contributed by atoms with Crippen LogP contribution in [0.4, 0.5) is 4.39 Å². The Balaban J connectivity index is 2.35. The van der Waals surface area contributed by atoms with E-state index in [1.807, 2.05) is 0 Å². The maximum Gasteiger partial charge on any atom is 0.167 e. The van der Waals surface area contributed by atoms with Crippen molar-refractivity contribution in [3.05, 3.63) is 52.5 Å². The second-order valence-electron chi connectivity index (χ2n) is 3.30. The summed E-state index contributed by atoms with van der Waals surface area (Å²) in [5, 5.41) is 0. The van der Waals surface area contributed by atoms with Crippen molar-refractivity contribution in [2.24, 2.45) is 0 Å². The molecule has 5 heteroatoms. The fraction of sp³-hybridized carbons (Fsp3) is 0.0833. The van der Waals surface area contributed by atoms with Gasteiger partial charge in [0.25, 0.3) is 0 Å². The van der Waals surface area contributed by atoms with E-state index in [9.17, 15) is 4.39 Å². The molecule has 0 amide bonds. The van der Waals surface area contributed by atoms with Crippen molar-refractivity contribution in [2.45, 2.75) is 5.88 Å². The normalized spacial score (nSPS) is 10.3. The number of ether oxygens (including phenoxy) is 1. The predicted molar refractivity (Wildman–Crippen MR) is 68.0 cm³/mol. The van der Waals surface area contributed by atoms with Crippen molar-refractivity contribution in [3.63, 3.8) is 0 Å². The quantitative estimate of drug-likeness (QED) is 0.777. The molecule has 17 heavy (non-hydrogen) atoms. The maximum atomic E-state index is 13.6. The van der Waals surface area contributed by atoms with Crippen LogP contribution in [0.2, 0.25) is 0 Å². The van der Waals surface area contributed by atoms with Gasteiger partial charge in [-0.15, -0.1) is 11.6 Å². The predicted octanol–water partition coefficient (Wildman–Crippen LogP) is 4.51. The van der Waals surface area contributed by atoms with Gasteiger partial charge in [-0.05, 0) is 28.1 Å². The second kappa shape index (κ2) is 5.47. The second-order valence-corrected chi connectivity index (χ2v) is 4.49. The molecule has 0 radical (unpaired) electrons. The van der Waals surface area contributed by atoms with Crippen LogP contribution in [0.3, 0.4) is 0 Å². The van der Waals surface area contributed by atoms with Gasteiger partial charge in [-0.3, -0.25) is 4.98 Å². The van der Waals surface area contributed by atoms with Crippen LogP contribution in [-0.4, -0.2) is 4.98 Å². The van der Waals surface area contributed by atoms with Crippen LogP contribution in [-0.2, 0) is 5.88 Å². The Kier molecular flexibility index (Phi) is 3.97. The van der Waals surface area contributed by atoms with Gasteiger partial charge in [-0.2, -0.15) is 0 Å². The summed E-state index contributed by atoms with van der Waals surface area (Å²) in [4.78, 5) is 3.94. The minimum absolute atomic E-state index is 0.141. The Morgan fingerprint density at radius 1 is 1.35 bits per heavy atom. The molecule has 0 fully saturated rings. The third kappa shape index (κ3) is 2.96. The molecule has 0 aliphatic heterocycles. The van der Waals surface area contributed by atoms with Gasteiger partial charge < -0.3 is 4.74 Å². The molecule has 1 heterocycles. The van der Waals surface area contributed by atoms with Crippen molar-refractivity contribution in [1.29, 1.82) is 0 Å². The van der Waals surface area contributed by atoms with Gasteiger partial charge in [-0.1, -0.05) is 12.1 Å². The van der Waals surface area contributed by atoms with Gasteiger partial charge in [0, 0.05) is 16.2 Å². The molecule has 0 bridgehead atoms. The van der Waals surface area contributed by atoms with Crippen molar-refractivity contribution < 1.29 is 9.13 Å². The lowest BCUT2D eigenvalue weighted by atomic mass is 10.2. The Labute approximate surface area is 112 Å². The summed E-state index contributed by atoms with van der Waals surface area (Å²) in [6.07, 6.45) is 3.13. The van der Waals surface area contributed by atoms with E-state index >= 15 is 0 Å². The minimum Gasteiger partial charge on any atom is -0.452 e. The summed E-state index contributed by atoms with van der Waals surface area (Å²) in [6, 6.07) is 6.35. The highest BCUT2D eigenvalue weighted by atomic mass is 79.9. The molecule has 2 rings (SSSR count). The molecular weight excluding hydrogens is 308 g/mol.